The fourth-order valence-electron chi connectivity index (χ4n) is 3.39. The lowest BCUT2D eigenvalue weighted by atomic mass is 10.1. The number of nitrogens with zero attached hydrogens (tertiary/aromatic N) is 1. The van der Waals surface area contributed by atoms with Crippen LogP contribution >= 0.6 is 11.3 Å². The lowest BCUT2D eigenvalue weighted by molar-refractivity contribution is -0.130. The van der Waals surface area contributed by atoms with Crippen molar-refractivity contribution in [2.45, 2.75) is 51.4 Å². The van der Waals surface area contributed by atoms with Crippen LogP contribution in [-0.2, 0) is 22.4 Å². The molecule has 0 bridgehead atoms. The van der Waals surface area contributed by atoms with Crippen molar-refractivity contribution in [2.75, 3.05) is 18.4 Å². The van der Waals surface area contributed by atoms with Crippen LogP contribution in [0.1, 0.15) is 49.0 Å². The Kier molecular flexibility index (Phi) is 7.45. The number of hydrogen-bond donors (Lipinski definition) is 1. The number of benzene rings is 1. The molecule has 5 heteroatoms. The van der Waals surface area contributed by atoms with E-state index in [9.17, 15) is 9.59 Å². The van der Waals surface area contributed by atoms with Gasteiger partial charge in [-0.2, -0.15) is 0 Å². The molecular weight excluding hydrogens is 356 g/mol. The highest BCUT2D eigenvalue weighted by Crippen LogP contribution is 2.15. The number of likely N-dealkylation sites (tertiary alicyclic amines) is 1. The molecule has 0 atom stereocenters. The number of nitrogens with one attached hydrogen (secondary N) is 1. The molecule has 0 aliphatic carbocycles. The maximum absolute atomic E-state index is 12.1. The standard InChI is InChI=1S/C22H28N2O2S/c25-21(8-2-1-6-20-7-5-17-27-20)23-19-12-9-18(10-13-19)11-14-22(26)24-15-3-4-16-24/h5,7,9-10,12-13,17H,1-4,6,8,11,14-16H2,(H,23,25). The largest absolute Gasteiger partial charge is 0.343 e. The first-order valence-electron chi connectivity index (χ1n) is 9.90. The number of carbonyl (C=O) groups excluding carboxylic acids is 2. The quantitative estimate of drug-likeness (QED) is 0.640. The Morgan fingerprint density at radius 3 is 2.44 bits per heavy atom. The lowest BCUT2D eigenvalue weighted by Crippen LogP contribution is -2.27. The highest BCUT2D eigenvalue weighted by atomic mass is 32.1. The average Bonchev–Trinajstić information content (AvgIpc) is 3.38. The van der Waals surface area contributed by atoms with Gasteiger partial charge >= 0.3 is 0 Å². The summed E-state index contributed by atoms with van der Waals surface area (Å²) in [4.78, 5) is 27.5. The smallest absolute Gasteiger partial charge is 0.224 e. The second kappa shape index (κ2) is 10.3. The Morgan fingerprint density at radius 1 is 0.963 bits per heavy atom. The van der Waals surface area contributed by atoms with Crippen LogP contribution < -0.4 is 5.32 Å². The molecule has 2 heterocycles. The van der Waals surface area contributed by atoms with Crippen LogP contribution in [0, 0.1) is 0 Å². The minimum absolute atomic E-state index is 0.0677. The Morgan fingerprint density at radius 2 is 1.74 bits per heavy atom. The van der Waals surface area contributed by atoms with Crippen LogP contribution in [0.2, 0.25) is 0 Å². The molecule has 4 nitrogen and oxygen atoms in total. The van der Waals surface area contributed by atoms with Crippen LogP contribution in [-0.4, -0.2) is 29.8 Å². The molecule has 0 saturated carbocycles. The van der Waals surface area contributed by atoms with Gasteiger partial charge in [0.25, 0.3) is 0 Å². The minimum atomic E-state index is 0.0677. The van der Waals surface area contributed by atoms with Crippen molar-refractivity contribution in [3.05, 3.63) is 52.2 Å². The van der Waals surface area contributed by atoms with Crippen LogP contribution in [0.15, 0.2) is 41.8 Å². The Bertz CT molecular complexity index is 719. The number of amides is 2. The molecule has 144 valence electrons. The summed E-state index contributed by atoms with van der Waals surface area (Å²) in [6.07, 6.45) is 7.14. The summed E-state index contributed by atoms with van der Waals surface area (Å²) in [5.74, 6) is 0.325. The number of carbonyl (C=O) groups is 2. The van der Waals surface area contributed by atoms with Crippen molar-refractivity contribution in [1.82, 2.24) is 4.90 Å². The predicted octanol–water partition coefficient (Wildman–Crippen LogP) is 4.65. The van der Waals surface area contributed by atoms with Gasteiger partial charge in [0.05, 0.1) is 0 Å². The molecule has 0 radical (unpaired) electrons. The van der Waals surface area contributed by atoms with E-state index >= 15 is 0 Å². The van der Waals surface area contributed by atoms with E-state index in [2.05, 4.69) is 22.8 Å². The van der Waals surface area contributed by atoms with Crippen molar-refractivity contribution < 1.29 is 9.59 Å². The van der Waals surface area contributed by atoms with Crippen LogP contribution in [0.3, 0.4) is 0 Å². The monoisotopic (exact) mass is 384 g/mol. The number of thiophene rings is 1. The van der Waals surface area contributed by atoms with Crippen molar-refractivity contribution >= 4 is 28.8 Å². The van der Waals surface area contributed by atoms with E-state index in [0.29, 0.717) is 12.8 Å². The summed E-state index contributed by atoms with van der Waals surface area (Å²) in [6, 6.07) is 12.1. The second-order valence-corrected chi connectivity index (χ2v) is 8.15. The summed E-state index contributed by atoms with van der Waals surface area (Å²) < 4.78 is 0. The van der Waals surface area contributed by atoms with Gasteiger partial charge in [0.15, 0.2) is 0 Å². The van der Waals surface area contributed by atoms with Gasteiger partial charge in [0.1, 0.15) is 0 Å². The molecule has 1 aliphatic rings. The number of unbranched alkanes of at least 4 members (excludes halogenated alkanes) is 1. The van der Waals surface area contributed by atoms with Crippen LogP contribution in [0.5, 0.6) is 0 Å². The molecule has 1 aromatic carbocycles. The molecule has 1 aliphatic heterocycles. The number of hydrogen-bond acceptors (Lipinski definition) is 3. The van der Waals surface area contributed by atoms with Gasteiger partial charge < -0.3 is 10.2 Å². The van der Waals surface area contributed by atoms with E-state index in [1.807, 2.05) is 29.2 Å². The van der Waals surface area contributed by atoms with Crippen LogP contribution in [0.4, 0.5) is 5.69 Å². The topological polar surface area (TPSA) is 49.4 Å². The third-order valence-electron chi connectivity index (χ3n) is 4.98. The van der Waals surface area contributed by atoms with E-state index in [4.69, 9.17) is 0 Å². The van der Waals surface area contributed by atoms with Gasteiger partial charge in [-0.25, -0.2) is 0 Å². The van der Waals surface area contributed by atoms with E-state index in [-0.39, 0.29) is 11.8 Å². The normalized spacial score (nSPS) is 13.7. The Hall–Kier alpha value is -2.14. The van der Waals surface area contributed by atoms with Gasteiger partial charge in [0, 0.05) is 36.5 Å². The maximum Gasteiger partial charge on any atom is 0.224 e. The summed E-state index contributed by atoms with van der Waals surface area (Å²) in [5.41, 5.74) is 1.96. The van der Waals surface area contributed by atoms with Crippen molar-refractivity contribution in [3.8, 4) is 0 Å². The summed E-state index contributed by atoms with van der Waals surface area (Å²) in [7, 11) is 0. The van der Waals surface area contributed by atoms with E-state index < -0.39 is 0 Å². The van der Waals surface area contributed by atoms with Gasteiger partial charge in [-0.1, -0.05) is 18.2 Å². The molecule has 27 heavy (non-hydrogen) atoms. The molecule has 1 aromatic heterocycles. The third-order valence-corrected chi connectivity index (χ3v) is 5.92. The lowest BCUT2D eigenvalue weighted by Gasteiger charge is -2.15. The summed E-state index contributed by atoms with van der Waals surface area (Å²) >= 11 is 1.77. The van der Waals surface area contributed by atoms with E-state index in [1.165, 1.54) is 4.88 Å². The molecule has 1 fully saturated rings. The SMILES string of the molecule is O=C(CCCCc1cccs1)Nc1ccc(CCC(=O)N2CCCC2)cc1. The Labute approximate surface area is 165 Å². The molecule has 2 amide bonds. The summed E-state index contributed by atoms with van der Waals surface area (Å²) in [6.45, 7) is 1.83. The van der Waals surface area contributed by atoms with Crippen molar-refractivity contribution in [3.63, 3.8) is 0 Å². The predicted molar refractivity (Wildman–Crippen MR) is 111 cm³/mol. The number of anilines is 1. The van der Waals surface area contributed by atoms with Crippen LogP contribution in [0.25, 0.3) is 0 Å². The molecule has 1 saturated heterocycles. The minimum Gasteiger partial charge on any atom is -0.343 e. The molecule has 2 aromatic rings. The summed E-state index contributed by atoms with van der Waals surface area (Å²) in [5, 5.41) is 5.05. The van der Waals surface area contributed by atoms with Gasteiger partial charge in [0.2, 0.25) is 11.8 Å². The van der Waals surface area contributed by atoms with Crippen molar-refractivity contribution in [1.29, 1.82) is 0 Å². The first-order chi connectivity index (χ1) is 13.2. The zero-order chi connectivity index (χ0) is 18.9. The highest BCUT2D eigenvalue weighted by molar-refractivity contribution is 7.09. The van der Waals surface area contributed by atoms with Gasteiger partial charge in [-0.05, 0) is 67.7 Å². The molecule has 3 rings (SSSR count). The fraction of sp³-hybridized carbons (Fsp3) is 0.455. The number of aryl methyl sites for hydroxylation is 2. The first-order valence-corrected chi connectivity index (χ1v) is 10.8. The molecule has 0 unspecified atom stereocenters. The molecule has 1 N–H and O–H groups in total. The molecular formula is C22H28N2O2S. The van der Waals surface area contributed by atoms with Gasteiger partial charge in [-0.3, -0.25) is 9.59 Å². The second-order valence-electron chi connectivity index (χ2n) is 7.12. The van der Waals surface area contributed by atoms with E-state index in [1.54, 1.807) is 11.3 Å². The third kappa shape index (κ3) is 6.51. The average molecular weight is 385 g/mol. The first kappa shape index (κ1) is 19.6. The Balaban J connectivity index is 1.34. The highest BCUT2D eigenvalue weighted by Gasteiger charge is 2.17. The maximum atomic E-state index is 12.1. The fourth-order valence-corrected chi connectivity index (χ4v) is 4.15. The zero-order valence-corrected chi connectivity index (χ0v) is 16.6. The van der Waals surface area contributed by atoms with Gasteiger partial charge in [-0.15, -0.1) is 11.3 Å². The van der Waals surface area contributed by atoms with E-state index in [0.717, 1.165) is 62.9 Å². The van der Waals surface area contributed by atoms with Crippen molar-refractivity contribution in [2.24, 2.45) is 0 Å². The molecule has 0 spiro atoms. The number of rotatable bonds is 9. The zero-order valence-electron chi connectivity index (χ0n) is 15.8.